The smallest absolute Gasteiger partial charge is 0.243 e. The summed E-state index contributed by atoms with van der Waals surface area (Å²) >= 11 is 0. The number of anilines is 1. The number of ether oxygens (including phenoxy) is 1. The number of benzene rings is 2. The largest absolute Gasteiger partial charge is 0.379 e. The number of para-hydroxylation sites is 1. The maximum atomic E-state index is 12.7. The fourth-order valence-electron chi connectivity index (χ4n) is 4.24. The van der Waals surface area contributed by atoms with Gasteiger partial charge in [0.15, 0.2) is 0 Å². The summed E-state index contributed by atoms with van der Waals surface area (Å²) in [6.07, 6.45) is 2.06. The third-order valence-corrected chi connectivity index (χ3v) is 8.08. The lowest BCUT2D eigenvalue weighted by Gasteiger charge is -2.26. The van der Waals surface area contributed by atoms with Crippen LogP contribution in [-0.2, 0) is 26.0 Å². The molecule has 0 bridgehead atoms. The predicted octanol–water partition coefficient (Wildman–Crippen LogP) is 2.28. The van der Waals surface area contributed by atoms with Crippen molar-refractivity contribution in [2.24, 2.45) is 5.92 Å². The molecule has 1 amide bonds. The van der Waals surface area contributed by atoms with E-state index in [2.05, 4.69) is 34.5 Å². The zero-order chi connectivity index (χ0) is 22.4. The van der Waals surface area contributed by atoms with Crippen LogP contribution in [0.5, 0.6) is 0 Å². The molecular weight excluding hydrogens is 426 g/mol. The first kappa shape index (κ1) is 22.8. The highest BCUT2D eigenvalue weighted by Crippen LogP contribution is 2.23. The fraction of sp³-hybridized carbons (Fsp3) is 0.458. The van der Waals surface area contributed by atoms with Crippen molar-refractivity contribution in [2.45, 2.75) is 24.2 Å². The van der Waals surface area contributed by atoms with Gasteiger partial charge >= 0.3 is 0 Å². The van der Waals surface area contributed by atoms with Crippen molar-refractivity contribution in [1.82, 2.24) is 9.62 Å². The summed E-state index contributed by atoms with van der Waals surface area (Å²) in [6.45, 7) is 4.30. The van der Waals surface area contributed by atoms with Gasteiger partial charge in [-0.3, -0.25) is 4.79 Å². The molecule has 2 aromatic carbocycles. The molecule has 0 spiro atoms. The lowest BCUT2D eigenvalue weighted by atomic mass is 10.1. The van der Waals surface area contributed by atoms with Crippen LogP contribution in [0.15, 0.2) is 59.5 Å². The predicted molar refractivity (Wildman–Crippen MR) is 124 cm³/mol. The molecule has 4 rings (SSSR count). The van der Waals surface area contributed by atoms with Gasteiger partial charge in [0.05, 0.1) is 18.1 Å². The number of rotatable bonds is 8. The lowest BCUT2D eigenvalue weighted by molar-refractivity contribution is -0.121. The van der Waals surface area contributed by atoms with Gasteiger partial charge in [0.25, 0.3) is 0 Å². The van der Waals surface area contributed by atoms with Crippen molar-refractivity contribution in [3.05, 3.63) is 60.2 Å². The molecule has 2 fully saturated rings. The van der Waals surface area contributed by atoms with Crippen molar-refractivity contribution < 1.29 is 17.9 Å². The molecule has 2 aromatic rings. The van der Waals surface area contributed by atoms with E-state index in [1.165, 1.54) is 9.99 Å². The Morgan fingerprint density at radius 1 is 1.00 bits per heavy atom. The van der Waals surface area contributed by atoms with E-state index in [0.717, 1.165) is 25.1 Å². The molecule has 172 valence electrons. The standard InChI is InChI=1S/C24H31N3O4S/c28-24(25-18-21-12-13-26(19-21)22-4-2-1-3-5-22)11-8-20-6-9-23(10-7-20)32(29,30)27-14-16-31-17-15-27/h1-7,9-10,21H,8,11-19H2,(H,25,28). The summed E-state index contributed by atoms with van der Waals surface area (Å²) in [6, 6.07) is 17.2. The SMILES string of the molecule is O=C(CCc1ccc(S(=O)(=O)N2CCOCC2)cc1)NCC1CCN(c2ccccc2)C1. The van der Waals surface area contributed by atoms with E-state index in [4.69, 9.17) is 4.74 Å². The second-order valence-electron chi connectivity index (χ2n) is 8.40. The molecule has 1 atom stereocenters. The Kier molecular flexibility index (Phi) is 7.44. The molecule has 0 radical (unpaired) electrons. The number of amides is 1. The Morgan fingerprint density at radius 2 is 1.72 bits per heavy atom. The van der Waals surface area contributed by atoms with Crippen LogP contribution in [0, 0.1) is 5.92 Å². The van der Waals surface area contributed by atoms with E-state index in [9.17, 15) is 13.2 Å². The summed E-state index contributed by atoms with van der Waals surface area (Å²) < 4.78 is 32.1. The van der Waals surface area contributed by atoms with Crippen LogP contribution >= 0.6 is 0 Å². The molecule has 0 aromatic heterocycles. The number of nitrogens with one attached hydrogen (secondary N) is 1. The first-order valence-corrected chi connectivity index (χ1v) is 12.7. The number of morpholine rings is 1. The van der Waals surface area contributed by atoms with E-state index >= 15 is 0 Å². The quantitative estimate of drug-likeness (QED) is 0.658. The molecule has 0 aliphatic carbocycles. The van der Waals surface area contributed by atoms with E-state index in [1.54, 1.807) is 24.3 Å². The molecule has 8 heteroatoms. The second-order valence-corrected chi connectivity index (χ2v) is 10.3. The van der Waals surface area contributed by atoms with Gasteiger partial charge in [0.1, 0.15) is 0 Å². The van der Waals surface area contributed by atoms with Crippen molar-refractivity contribution in [2.75, 3.05) is 50.8 Å². The molecule has 0 saturated carbocycles. The number of nitrogens with zero attached hydrogens (tertiary/aromatic N) is 2. The summed E-state index contributed by atoms with van der Waals surface area (Å²) in [5.41, 5.74) is 2.19. The minimum absolute atomic E-state index is 0.0353. The van der Waals surface area contributed by atoms with Crippen LogP contribution in [0.2, 0.25) is 0 Å². The third kappa shape index (κ3) is 5.68. The second kappa shape index (κ2) is 10.5. The van der Waals surface area contributed by atoms with Crippen LogP contribution in [0.3, 0.4) is 0 Å². The van der Waals surface area contributed by atoms with Gasteiger partial charge in [-0.05, 0) is 48.6 Å². The summed E-state index contributed by atoms with van der Waals surface area (Å²) in [4.78, 5) is 15.0. The molecular formula is C24H31N3O4S. The maximum absolute atomic E-state index is 12.7. The maximum Gasteiger partial charge on any atom is 0.243 e. The van der Waals surface area contributed by atoms with Crippen LogP contribution < -0.4 is 10.2 Å². The number of carbonyl (C=O) groups is 1. The van der Waals surface area contributed by atoms with Gasteiger partial charge < -0.3 is 15.0 Å². The van der Waals surface area contributed by atoms with E-state index in [0.29, 0.717) is 51.6 Å². The number of hydrogen-bond donors (Lipinski definition) is 1. The first-order valence-electron chi connectivity index (χ1n) is 11.3. The molecule has 2 aliphatic heterocycles. The highest BCUT2D eigenvalue weighted by atomic mass is 32.2. The number of aryl methyl sites for hydroxylation is 1. The van der Waals surface area contributed by atoms with Crippen LogP contribution in [0.1, 0.15) is 18.4 Å². The van der Waals surface area contributed by atoms with E-state index in [-0.39, 0.29) is 10.8 Å². The third-order valence-electron chi connectivity index (χ3n) is 6.17. The van der Waals surface area contributed by atoms with Gasteiger partial charge in [-0.1, -0.05) is 30.3 Å². The number of hydrogen-bond acceptors (Lipinski definition) is 5. The summed E-state index contributed by atoms with van der Waals surface area (Å²) in [7, 11) is -3.48. The van der Waals surface area contributed by atoms with Crippen molar-refractivity contribution >= 4 is 21.6 Å². The molecule has 1 unspecified atom stereocenters. The molecule has 32 heavy (non-hydrogen) atoms. The minimum Gasteiger partial charge on any atom is -0.379 e. The molecule has 1 N–H and O–H groups in total. The Labute approximate surface area is 190 Å². The molecule has 2 saturated heterocycles. The minimum atomic E-state index is -3.48. The Bertz CT molecular complexity index is 990. The normalized spacial score (nSPS) is 19.8. The van der Waals surface area contributed by atoms with Crippen molar-refractivity contribution in [3.8, 4) is 0 Å². The van der Waals surface area contributed by atoms with Gasteiger partial charge in [0.2, 0.25) is 15.9 Å². The highest BCUT2D eigenvalue weighted by Gasteiger charge is 2.26. The van der Waals surface area contributed by atoms with Crippen molar-refractivity contribution in [3.63, 3.8) is 0 Å². The molecule has 2 heterocycles. The van der Waals surface area contributed by atoms with Gasteiger partial charge in [-0.25, -0.2) is 8.42 Å². The van der Waals surface area contributed by atoms with Crippen molar-refractivity contribution in [1.29, 1.82) is 0 Å². The Hall–Kier alpha value is -2.42. The molecule has 2 aliphatic rings. The van der Waals surface area contributed by atoms with E-state index in [1.807, 2.05) is 6.07 Å². The summed E-state index contributed by atoms with van der Waals surface area (Å²) in [5.74, 6) is 0.497. The Morgan fingerprint density at radius 3 is 2.44 bits per heavy atom. The summed E-state index contributed by atoms with van der Waals surface area (Å²) in [5, 5.41) is 3.07. The van der Waals surface area contributed by atoms with Gasteiger partial charge in [-0.2, -0.15) is 4.31 Å². The number of carbonyl (C=O) groups excluding carboxylic acids is 1. The average Bonchev–Trinajstić information content (AvgIpc) is 3.32. The zero-order valence-corrected chi connectivity index (χ0v) is 19.1. The molecule has 7 nitrogen and oxygen atoms in total. The zero-order valence-electron chi connectivity index (χ0n) is 18.3. The van der Waals surface area contributed by atoms with Crippen LogP contribution in [-0.4, -0.2) is 64.6 Å². The Balaban J connectivity index is 1.21. The van der Waals surface area contributed by atoms with E-state index < -0.39 is 10.0 Å². The van der Waals surface area contributed by atoms with Crippen LogP contribution in [0.25, 0.3) is 0 Å². The van der Waals surface area contributed by atoms with Gasteiger partial charge in [0, 0.05) is 44.8 Å². The fourth-order valence-corrected chi connectivity index (χ4v) is 5.65. The monoisotopic (exact) mass is 457 g/mol. The van der Waals surface area contributed by atoms with Gasteiger partial charge in [-0.15, -0.1) is 0 Å². The average molecular weight is 458 g/mol. The number of sulfonamides is 1. The lowest BCUT2D eigenvalue weighted by Crippen LogP contribution is -2.40. The van der Waals surface area contributed by atoms with Crippen LogP contribution in [0.4, 0.5) is 5.69 Å². The topological polar surface area (TPSA) is 79.0 Å². The first-order chi connectivity index (χ1) is 15.5. The highest BCUT2D eigenvalue weighted by molar-refractivity contribution is 7.89.